The van der Waals surface area contributed by atoms with E-state index >= 15 is 0 Å². The van der Waals surface area contributed by atoms with Gasteiger partial charge in [-0.3, -0.25) is 0 Å². The Bertz CT molecular complexity index is 6230. The molecule has 17 aromatic carbocycles. The summed E-state index contributed by atoms with van der Waals surface area (Å²) in [5.74, 6) is 0. The zero-order chi connectivity index (χ0) is 70.5. The third kappa shape index (κ3) is 10.1. The molecule has 0 fully saturated rings. The van der Waals surface area contributed by atoms with E-state index in [1.807, 2.05) is 0 Å². The highest BCUT2D eigenvalue weighted by Crippen LogP contribution is 2.55. The van der Waals surface area contributed by atoms with E-state index in [-0.39, 0.29) is 6.71 Å². The molecule has 0 amide bonds. The molecule has 4 heterocycles. The lowest BCUT2D eigenvalue weighted by Crippen LogP contribution is -2.61. The zero-order valence-corrected chi connectivity index (χ0v) is 58.4. The summed E-state index contributed by atoms with van der Waals surface area (Å²) in [6.07, 6.45) is 0. The van der Waals surface area contributed by atoms with Gasteiger partial charge in [-0.05, 0) is 149 Å². The lowest BCUT2D eigenvalue weighted by molar-refractivity contribution is 0.666. The molecule has 19 aromatic rings. The van der Waals surface area contributed by atoms with Crippen LogP contribution in [0.15, 0.2) is 405 Å². The van der Waals surface area contributed by atoms with Gasteiger partial charge in [0, 0.05) is 66.5 Å². The van der Waals surface area contributed by atoms with Crippen LogP contribution in [0.2, 0.25) is 0 Å². The first-order chi connectivity index (χ1) is 53.1. The predicted octanol–water partition coefficient (Wildman–Crippen LogP) is 25.8. The summed E-state index contributed by atoms with van der Waals surface area (Å²) in [6.45, 7) is -0.287. The molecule has 2 aromatic heterocycles. The minimum absolute atomic E-state index is 0.287. The fraction of sp³-hybridized carbons (Fsp3) is 0. The maximum atomic E-state index is 7.23. The van der Waals surface area contributed by atoms with Gasteiger partial charge in [-0.2, -0.15) is 0 Å². The normalized spacial score (nSPS) is 12.2. The van der Waals surface area contributed by atoms with Crippen molar-refractivity contribution in [3.63, 3.8) is 0 Å². The van der Waals surface area contributed by atoms with E-state index in [1.165, 1.54) is 38.3 Å². The number of furan rings is 1. The van der Waals surface area contributed by atoms with Crippen LogP contribution in [0.4, 0.5) is 34.1 Å². The smallest absolute Gasteiger partial charge is 0.252 e. The third-order valence-corrected chi connectivity index (χ3v) is 22.2. The second-order valence-corrected chi connectivity index (χ2v) is 28.1. The Kier molecular flexibility index (Phi) is 14.7. The number of aromatic nitrogens is 1. The molecule has 0 bridgehead atoms. The van der Waals surface area contributed by atoms with Crippen molar-refractivity contribution in [3.8, 4) is 106 Å². The molecule has 0 N–H and O–H groups in total. The van der Waals surface area contributed by atoms with Crippen LogP contribution in [0.1, 0.15) is 0 Å². The maximum absolute atomic E-state index is 7.23. The van der Waals surface area contributed by atoms with Crippen LogP contribution in [-0.2, 0) is 0 Å². The molecule has 107 heavy (non-hydrogen) atoms. The second kappa shape index (κ2) is 25.5. The predicted molar refractivity (Wildman–Crippen MR) is 451 cm³/mol. The molecule has 2 aliphatic rings. The average molecular weight is 1360 g/mol. The van der Waals surface area contributed by atoms with Crippen molar-refractivity contribution in [3.05, 3.63) is 400 Å². The largest absolute Gasteiger partial charge is 0.454 e. The number of anilines is 6. The first-order valence-corrected chi connectivity index (χ1v) is 36.9. The van der Waals surface area contributed by atoms with Crippen molar-refractivity contribution in [2.75, 3.05) is 9.80 Å². The number of nitrogens with zero attached hydrogens (tertiary/aromatic N) is 3. The lowest BCUT2D eigenvalue weighted by atomic mass is 9.33. The highest BCUT2D eigenvalue weighted by atomic mass is 16.3. The molecule has 498 valence electrons. The summed E-state index contributed by atoms with van der Waals surface area (Å²) in [4.78, 5) is 5.37. The van der Waals surface area contributed by atoms with Gasteiger partial charge in [-0.25, -0.2) is 0 Å². The molecule has 0 unspecified atom stereocenters. The van der Waals surface area contributed by atoms with Crippen molar-refractivity contribution in [2.45, 2.75) is 0 Å². The number of rotatable bonds is 12. The summed E-state index contributed by atoms with van der Waals surface area (Å²) in [7, 11) is 0. The fourth-order valence-electron chi connectivity index (χ4n) is 17.5. The number of para-hydroxylation sites is 5. The lowest BCUT2D eigenvalue weighted by Gasteiger charge is -2.46. The molecule has 21 rings (SSSR count). The van der Waals surface area contributed by atoms with Gasteiger partial charge in [-0.1, -0.05) is 346 Å². The van der Waals surface area contributed by atoms with Crippen molar-refractivity contribution >= 4 is 101 Å². The van der Waals surface area contributed by atoms with Crippen LogP contribution in [0.3, 0.4) is 0 Å². The Morgan fingerprint density at radius 1 is 0.206 bits per heavy atom. The Morgan fingerprint density at radius 3 is 0.925 bits per heavy atom. The van der Waals surface area contributed by atoms with E-state index in [4.69, 9.17) is 4.42 Å². The Hall–Kier alpha value is -14.0. The molecular formula is C102H66BN3O. The molecule has 0 aliphatic carbocycles. The molecule has 5 heteroatoms. The van der Waals surface area contributed by atoms with Crippen LogP contribution >= 0.6 is 0 Å². The fourth-order valence-corrected chi connectivity index (χ4v) is 17.5. The van der Waals surface area contributed by atoms with Gasteiger partial charge < -0.3 is 18.8 Å². The van der Waals surface area contributed by atoms with Gasteiger partial charge in [-0.15, -0.1) is 0 Å². The first-order valence-electron chi connectivity index (χ1n) is 36.9. The summed E-state index contributed by atoms with van der Waals surface area (Å²) in [5.41, 5.74) is 35.2. The second-order valence-electron chi connectivity index (χ2n) is 28.1. The van der Waals surface area contributed by atoms with Crippen LogP contribution < -0.4 is 26.2 Å². The van der Waals surface area contributed by atoms with Gasteiger partial charge in [0.1, 0.15) is 5.58 Å². The van der Waals surface area contributed by atoms with Gasteiger partial charge in [0.05, 0.1) is 28.1 Å². The number of benzene rings is 17. The van der Waals surface area contributed by atoms with E-state index < -0.39 is 0 Å². The third-order valence-electron chi connectivity index (χ3n) is 22.2. The number of hydrogen-bond acceptors (Lipinski definition) is 3. The molecule has 0 spiro atoms. The topological polar surface area (TPSA) is 24.6 Å². The van der Waals surface area contributed by atoms with Gasteiger partial charge in [0.25, 0.3) is 6.71 Å². The van der Waals surface area contributed by atoms with Crippen molar-refractivity contribution in [1.29, 1.82) is 0 Å². The van der Waals surface area contributed by atoms with E-state index in [9.17, 15) is 0 Å². The molecule has 2 aliphatic heterocycles. The molecule has 0 saturated heterocycles. The maximum Gasteiger partial charge on any atom is 0.252 e. The summed E-state index contributed by atoms with van der Waals surface area (Å²) < 4.78 is 9.68. The number of hydrogen-bond donors (Lipinski definition) is 0. The number of fused-ring (bicyclic) bond motifs is 10. The Labute approximate surface area is 622 Å². The SMILES string of the molecule is c1ccc(-c2ccccc2-c2ccc3c(c2)N(c2c(-c4ccccc4)cccc2-c2ccccc2)c2cc(-c4cc(-n5c6ccccc6c6ccccc65)c5oc6ccccc6c5c4)cc4c2B3c2ccc(-c3ccccc3-c3ccccc3)cc2N4c2c(-c3ccccc3)cccc2-c2ccccc2)cc1. The van der Waals surface area contributed by atoms with Gasteiger partial charge >= 0.3 is 0 Å². The highest BCUT2D eigenvalue weighted by Gasteiger charge is 2.46. The summed E-state index contributed by atoms with van der Waals surface area (Å²) in [5, 5.41) is 4.45. The van der Waals surface area contributed by atoms with Crippen LogP contribution in [0, 0.1) is 0 Å². The van der Waals surface area contributed by atoms with Gasteiger partial charge in [0.2, 0.25) is 0 Å². The first kappa shape index (κ1) is 61.7. The average Bonchev–Trinajstić information content (AvgIpc) is 1.25. The van der Waals surface area contributed by atoms with Crippen molar-refractivity contribution in [1.82, 2.24) is 4.57 Å². The Balaban J connectivity index is 0.953. The van der Waals surface area contributed by atoms with E-state index in [2.05, 4.69) is 415 Å². The highest BCUT2D eigenvalue weighted by molar-refractivity contribution is 7.00. The Morgan fingerprint density at radius 2 is 0.514 bits per heavy atom. The molecule has 0 radical (unpaired) electrons. The minimum Gasteiger partial charge on any atom is -0.454 e. The van der Waals surface area contributed by atoms with Crippen molar-refractivity contribution < 1.29 is 4.42 Å². The van der Waals surface area contributed by atoms with Crippen LogP contribution in [0.5, 0.6) is 0 Å². The summed E-state index contributed by atoms with van der Waals surface area (Å²) >= 11 is 0. The zero-order valence-electron chi connectivity index (χ0n) is 58.4. The molecule has 4 nitrogen and oxygen atoms in total. The van der Waals surface area contributed by atoms with E-state index in [0.29, 0.717) is 0 Å². The van der Waals surface area contributed by atoms with E-state index in [0.717, 1.165) is 162 Å². The van der Waals surface area contributed by atoms with Gasteiger partial charge in [0.15, 0.2) is 5.58 Å². The molecular weight excluding hydrogens is 1290 g/mol. The van der Waals surface area contributed by atoms with Crippen LogP contribution in [0.25, 0.3) is 150 Å². The van der Waals surface area contributed by atoms with Crippen molar-refractivity contribution in [2.24, 2.45) is 0 Å². The van der Waals surface area contributed by atoms with Crippen LogP contribution in [-0.4, -0.2) is 11.3 Å². The summed E-state index contributed by atoms with van der Waals surface area (Å²) in [6, 6.07) is 148. The quantitative estimate of drug-likeness (QED) is 0.114. The molecule has 0 atom stereocenters. The monoisotopic (exact) mass is 1360 g/mol. The molecule has 0 saturated carbocycles. The minimum atomic E-state index is -0.287. The van der Waals surface area contributed by atoms with E-state index in [1.54, 1.807) is 0 Å². The standard InChI is InChI=1S/C102H66BN3O/c1-7-31-67(32-8-1)77-43-19-21-45-79(77)73-57-59-89-93(62-73)105(100-81(69-35-11-3-12-36-69)50-29-51-82(100)70-37-13-4-14-38-70)95-64-76(75-61-88-87-49-25-28-56-98(87)107-102(88)97(66-75)104-91-54-26-23-47-85(91)86-48-24-27-55-92(86)104)65-96-99(95)103(89)90-60-58-74(80-46-22-20-44-78(80)68-33-9-2-10-34-68)63-94(90)106(96)101-83(71-39-15-5-16-40-71)52-30-53-84(101)72-41-17-6-18-42-72/h1-66H.